The molecule has 0 aliphatic heterocycles. The minimum atomic E-state index is -3.25. The Kier molecular flexibility index (Phi) is 7.42. The molecule has 0 atom stereocenters. The monoisotopic (exact) mass is 458 g/mol. The number of halogens is 1. The van der Waals surface area contributed by atoms with E-state index in [-0.39, 0.29) is 17.5 Å². The van der Waals surface area contributed by atoms with E-state index >= 15 is 0 Å². The molecule has 3 rings (SSSR count). The number of hydrogen-bond donors (Lipinski definition) is 1. The lowest BCUT2D eigenvalue weighted by Crippen LogP contribution is -2.32. The average molecular weight is 459 g/mol. The molecule has 0 aliphatic carbocycles. The molecule has 9 heteroatoms. The van der Waals surface area contributed by atoms with Crippen LogP contribution in [-0.4, -0.2) is 54.3 Å². The summed E-state index contributed by atoms with van der Waals surface area (Å²) < 4.78 is 39.8. The highest BCUT2D eigenvalue weighted by Crippen LogP contribution is 2.25. The molecule has 0 fully saturated rings. The SMILES string of the molecule is CCS(=O)(=O)N(C)CCCNC(=O)c1cn(-c2ccc(F)cc2)nc1-c1cccc(C)c1. The van der Waals surface area contributed by atoms with Gasteiger partial charge in [0.25, 0.3) is 5.91 Å². The molecule has 0 aliphatic rings. The number of carbonyl (C=O) groups excluding carboxylic acids is 1. The smallest absolute Gasteiger partial charge is 0.255 e. The van der Waals surface area contributed by atoms with Crippen molar-refractivity contribution in [2.75, 3.05) is 25.9 Å². The van der Waals surface area contributed by atoms with Crippen molar-refractivity contribution >= 4 is 15.9 Å². The summed E-state index contributed by atoms with van der Waals surface area (Å²) in [6.07, 6.45) is 2.10. The van der Waals surface area contributed by atoms with Crippen molar-refractivity contribution in [1.29, 1.82) is 0 Å². The summed E-state index contributed by atoms with van der Waals surface area (Å²) in [6, 6.07) is 13.5. The van der Waals surface area contributed by atoms with Gasteiger partial charge in [0.1, 0.15) is 11.5 Å². The van der Waals surface area contributed by atoms with E-state index in [2.05, 4.69) is 10.4 Å². The minimum absolute atomic E-state index is 0.0400. The number of nitrogens with one attached hydrogen (secondary N) is 1. The molecular formula is C23H27FN4O3S. The third-order valence-electron chi connectivity index (χ3n) is 5.12. The van der Waals surface area contributed by atoms with Gasteiger partial charge in [0.2, 0.25) is 10.0 Å². The second kappa shape index (κ2) is 10.1. The van der Waals surface area contributed by atoms with Crippen LogP contribution in [0.2, 0.25) is 0 Å². The van der Waals surface area contributed by atoms with Crippen molar-refractivity contribution in [3.63, 3.8) is 0 Å². The lowest BCUT2D eigenvalue weighted by molar-refractivity contribution is 0.0953. The molecule has 32 heavy (non-hydrogen) atoms. The van der Waals surface area contributed by atoms with Crippen molar-refractivity contribution in [3.05, 3.63) is 71.7 Å². The molecule has 2 aromatic carbocycles. The second-order valence-corrected chi connectivity index (χ2v) is 9.88. The molecule has 170 valence electrons. The lowest BCUT2D eigenvalue weighted by Gasteiger charge is -2.15. The fourth-order valence-corrected chi connectivity index (χ4v) is 4.08. The fraction of sp³-hybridized carbons (Fsp3) is 0.304. The first kappa shape index (κ1) is 23.6. The Morgan fingerprint density at radius 2 is 1.91 bits per heavy atom. The first-order chi connectivity index (χ1) is 15.2. The summed E-state index contributed by atoms with van der Waals surface area (Å²) in [5.41, 5.74) is 3.36. The van der Waals surface area contributed by atoms with Gasteiger partial charge in [0.15, 0.2) is 0 Å². The molecule has 0 spiro atoms. The predicted octanol–water partition coefficient (Wildman–Crippen LogP) is 3.39. The number of nitrogens with zero attached hydrogens (tertiary/aromatic N) is 3. The summed E-state index contributed by atoms with van der Waals surface area (Å²) in [4.78, 5) is 13.0. The van der Waals surface area contributed by atoms with Gasteiger partial charge in [0, 0.05) is 31.9 Å². The van der Waals surface area contributed by atoms with Crippen LogP contribution >= 0.6 is 0 Å². The van der Waals surface area contributed by atoms with Gasteiger partial charge >= 0.3 is 0 Å². The Bertz CT molecular complexity index is 1190. The zero-order valence-electron chi connectivity index (χ0n) is 18.4. The van der Waals surface area contributed by atoms with Crippen LogP contribution in [0, 0.1) is 12.7 Å². The molecule has 0 saturated carbocycles. The zero-order valence-corrected chi connectivity index (χ0v) is 19.2. The van der Waals surface area contributed by atoms with Crippen molar-refractivity contribution < 1.29 is 17.6 Å². The van der Waals surface area contributed by atoms with Gasteiger partial charge in [-0.15, -0.1) is 0 Å². The summed E-state index contributed by atoms with van der Waals surface area (Å²) >= 11 is 0. The van der Waals surface area contributed by atoms with Crippen LogP contribution in [0.25, 0.3) is 16.9 Å². The van der Waals surface area contributed by atoms with Crippen molar-refractivity contribution in [2.24, 2.45) is 0 Å². The van der Waals surface area contributed by atoms with E-state index in [1.807, 2.05) is 31.2 Å². The predicted molar refractivity (Wildman–Crippen MR) is 123 cm³/mol. The van der Waals surface area contributed by atoms with Crippen LogP contribution in [0.3, 0.4) is 0 Å². The Labute approximate surface area is 187 Å². The van der Waals surface area contributed by atoms with Crippen LogP contribution in [0.15, 0.2) is 54.7 Å². The van der Waals surface area contributed by atoms with E-state index in [4.69, 9.17) is 0 Å². The quantitative estimate of drug-likeness (QED) is 0.498. The minimum Gasteiger partial charge on any atom is -0.352 e. The number of benzene rings is 2. The highest BCUT2D eigenvalue weighted by molar-refractivity contribution is 7.89. The molecule has 1 aromatic heterocycles. The number of carbonyl (C=O) groups is 1. The van der Waals surface area contributed by atoms with Gasteiger partial charge < -0.3 is 5.32 Å². The van der Waals surface area contributed by atoms with E-state index in [9.17, 15) is 17.6 Å². The standard InChI is InChI=1S/C23H27FN4O3S/c1-4-32(30,31)27(3)14-6-13-25-23(29)21-16-28(20-11-9-19(24)10-12-20)26-22(21)18-8-5-7-17(2)15-18/h5,7-12,15-16H,4,6,13-14H2,1-3H3,(H,25,29). The van der Waals surface area contributed by atoms with Crippen molar-refractivity contribution in [1.82, 2.24) is 19.4 Å². The summed E-state index contributed by atoms with van der Waals surface area (Å²) in [5.74, 6) is -0.623. The maximum atomic E-state index is 13.3. The molecular weight excluding hydrogens is 431 g/mol. The third kappa shape index (κ3) is 5.60. The number of amides is 1. The number of sulfonamides is 1. The Balaban J connectivity index is 1.80. The highest BCUT2D eigenvalue weighted by Gasteiger charge is 2.19. The lowest BCUT2D eigenvalue weighted by atomic mass is 10.1. The van der Waals surface area contributed by atoms with Crippen molar-refractivity contribution in [2.45, 2.75) is 20.3 Å². The number of rotatable bonds is 9. The van der Waals surface area contributed by atoms with Gasteiger partial charge in [-0.25, -0.2) is 21.8 Å². The van der Waals surface area contributed by atoms with Crippen LogP contribution in [0.5, 0.6) is 0 Å². The molecule has 0 radical (unpaired) electrons. The summed E-state index contributed by atoms with van der Waals surface area (Å²) in [5, 5.41) is 7.44. The number of aryl methyl sites for hydroxylation is 1. The maximum absolute atomic E-state index is 13.3. The van der Waals surface area contributed by atoms with Gasteiger partial charge in [-0.3, -0.25) is 4.79 Å². The van der Waals surface area contributed by atoms with E-state index < -0.39 is 10.0 Å². The molecule has 1 N–H and O–H groups in total. The topological polar surface area (TPSA) is 84.3 Å². The molecule has 3 aromatic rings. The molecule has 0 bridgehead atoms. The maximum Gasteiger partial charge on any atom is 0.255 e. The Hall–Kier alpha value is -3.04. The molecule has 7 nitrogen and oxygen atoms in total. The Morgan fingerprint density at radius 1 is 1.19 bits per heavy atom. The second-order valence-electron chi connectivity index (χ2n) is 7.51. The fourth-order valence-electron chi connectivity index (χ4n) is 3.23. The number of aromatic nitrogens is 2. The summed E-state index contributed by atoms with van der Waals surface area (Å²) in [6.45, 7) is 4.19. The van der Waals surface area contributed by atoms with Crippen LogP contribution in [0.1, 0.15) is 29.3 Å². The molecule has 1 heterocycles. The van der Waals surface area contributed by atoms with Gasteiger partial charge in [-0.05, 0) is 50.6 Å². The third-order valence-corrected chi connectivity index (χ3v) is 6.98. The van der Waals surface area contributed by atoms with Gasteiger partial charge in [-0.1, -0.05) is 23.8 Å². The largest absolute Gasteiger partial charge is 0.352 e. The molecule has 0 unspecified atom stereocenters. The van der Waals surface area contributed by atoms with Gasteiger partial charge in [-0.2, -0.15) is 5.10 Å². The molecule has 1 amide bonds. The first-order valence-corrected chi connectivity index (χ1v) is 12.0. The van der Waals surface area contributed by atoms with E-state index in [1.54, 1.807) is 29.9 Å². The summed E-state index contributed by atoms with van der Waals surface area (Å²) in [7, 11) is -1.72. The zero-order chi connectivity index (χ0) is 23.3. The van der Waals surface area contributed by atoms with Crippen LogP contribution < -0.4 is 5.32 Å². The van der Waals surface area contributed by atoms with Crippen LogP contribution in [-0.2, 0) is 10.0 Å². The van der Waals surface area contributed by atoms with E-state index in [0.29, 0.717) is 36.5 Å². The normalized spacial score (nSPS) is 11.7. The van der Waals surface area contributed by atoms with Crippen molar-refractivity contribution in [3.8, 4) is 16.9 Å². The number of hydrogen-bond acceptors (Lipinski definition) is 4. The van der Waals surface area contributed by atoms with E-state index in [0.717, 1.165) is 11.1 Å². The Morgan fingerprint density at radius 3 is 2.56 bits per heavy atom. The van der Waals surface area contributed by atoms with E-state index in [1.165, 1.54) is 23.5 Å². The molecule has 0 saturated heterocycles. The first-order valence-electron chi connectivity index (χ1n) is 10.4. The van der Waals surface area contributed by atoms with Crippen LogP contribution in [0.4, 0.5) is 4.39 Å². The average Bonchev–Trinajstić information content (AvgIpc) is 3.22. The van der Waals surface area contributed by atoms with Gasteiger partial charge in [0.05, 0.1) is 17.0 Å². The highest BCUT2D eigenvalue weighted by atomic mass is 32.2.